The lowest BCUT2D eigenvalue weighted by Gasteiger charge is -2.07. The number of rotatable bonds is 6. The van der Waals surface area contributed by atoms with E-state index in [0.29, 0.717) is 5.56 Å². The predicted molar refractivity (Wildman–Crippen MR) is 86.9 cm³/mol. The average Bonchev–Trinajstić information content (AvgIpc) is 2.49. The van der Waals surface area contributed by atoms with Gasteiger partial charge in [0, 0.05) is 11.9 Å². The summed E-state index contributed by atoms with van der Waals surface area (Å²) in [5, 5.41) is 3.04. The molecule has 0 saturated carbocycles. The number of pyridine rings is 1. The van der Waals surface area contributed by atoms with Crippen LogP contribution in [0, 0.1) is 0 Å². The first-order valence-electron chi connectivity index (χ1n) is 7.21. The maximum atomic E-state index is 12.1. The molecule has 1 amide bonds. The second kappa shape index (κ2) is 7.79. The molecule has 1 aromatic heterocycles. The van der Waals surface area contributed by atoms with Gasteiger partial charge in [0.05, 0.1) is 5.56 Å². The smallest absolute Gasteiger partial charge is 0.258 e. The van der Waals surface area contributed by atoms with E-state index in [1.165, 1.54) is 24.8 Å². The molecule has 0 saturated heterocycles. The van der Waals surface area contributed by atoms with Crippen molar-refractivity contribution in [1.29, 1.82) is 0 Å². The summed E-state index contributed by atoms with van der Waals surface area (Å²) in [4.78, 5) is 16.0. The highest BCUT2D eigenvalue weighted by molar-refractivity contribution is 6.33. The SMILES string of the molecule is CCCCCc1ccc(NC(=O)c2cccnc2Cl)cc1. The van der Waals surface area contributed by atoms with Crippen LogP contribution < -0.4 is 5.32 Å². The van der Waals surface area contributed by atoms with Gasteiger partial charge in [0.1, 0.15) is 5.15 Å². The minimum Gasteiger partial charge on any atom is -0.322 e. The van der Waals surface area contributed by atoms with E-state index in [9.17, 15) is 4.79 Å². The molecule has 2 rings (SSSR count). The number of unbranched alkanes of at least 4 members (excludes halogenated alkanes) is 2. The molecule has 1 aromatic carbocycles. The molecule has 0 aliphatic heterocycles. The van der Waals surface area contributed by atoms with E-state index in [-0.39, 0.29) is 11.1 Å². The fourth-order valence-electron chi connectivity index (χ4n) is 2.09. The lowest BCUT2D eigenvalue weighted by molar-refractivity contribution is 0.102. The van der Waals surface area contributed by atoms with Gasteiger partial charge in [0.2, 0.25) is 0 Å². The van der Waals surface area contributed by atoms with Gasteiger partial charge in [-0.1, -0.05) is 43.5 Å². The quantitative estimate of drug-likeness (QED) is 0.619. The Bertz CT molecular complexity index is 596. The van der Waals surface area contributed by atoms with Crippen LogP contribution in [0.5, 0.6) is 0 Å². The highest BCUT2D eigenvalue weighted by Crippen LogP contribution is 2.16. The molecule has 0 radical (unpaired) electrons. The first kappa shape index (κ1) is 15.5. The Morgan fingerprint density at radius 1 is 1.19 bits per heavy atom. The van der Waals surface area contributed by atoms with E-state index in [1.54, 1.807) is 18.3 Å². The van der Waals surface area contributed by atoms with Crippen molar-refractivity contribution in [3.8, 4) is 0 Å². The molecule has 110 valence electrons. The molecule has 21 heavy (non-hydrogen) atoms. The number of carbonyl (C=O) groups excluding carboxylic acids is 1. The van der Waals surface area contributed by atoms with Crippen molar-refractivity contribution < 1.29 is 4.79 Å². The summed E-state index contributed by atoms with van der Waals surface area (Å²) in [5.41, 5.74) is 2.44. The zero-order chi connectivity index (χ0) is 15.1. The zero-order valence-corrected chi connectivity index (χ0v) is 12.9. The van der Waals surface area contributed by atoms with E-state index in [1.807, 2.05) is 12.1 Å². The number of aromatic nitrogens is 1. The van der Waals surface area contributed by atoms with Gasteiger partial charge < -0.3 is 5.32 Å². The monoisotopic (exact) mass is 302 g/mol. The van der Waals surface area contributed by atoms with Gasteiger partial charge in [-0.25, -0.2) is 4.98 Å². The molecule has 0 aliphatic carbocycles. The molecule has 1 heterocycles. The Morgan fingerprint density at radius 3 is 2.62 bits per heavy atom. The molecule has 0 bridgehead atoms. The van der Waals surface area contributed by atoms with Gasteiger partial charge >= 0.3 is 0 Å². The lowest BCUT2D eigenvalue weighted by Crippen LogP contribution is -2.12. The summed E-state index contributed by atoms with van der Waals surface area (Å²) in [6.45, 7) is 2.20. The highest BCUT2D eigenvalue weighted by atomic mass is 35.5. The molecule has 0 aliphatic rings. The molecule has 0 spiro atoms. The topological polar surface area (TPSA) is 42.0 Å². The summed E-state index contributed by atoms with van der Waals surface area (Å²) in [7, 11) is 0. The number of hydrogen-bond acceptors (Lipinski definition) is 2. The lowest BCUT2D eigenvalue weighted by atomic mass is 10.1. The van der Waals surface area contributed by atoms with Crippen LogP contribution in [0.25, 0.3) is 0 Å². The van der Waals surface area contributed by atoms with Crippen LogP contribution in [0.1, 0.15) is 42.1 Å². The Labute approximate surface area is 130 Å². The molecule has 0 fully saturated rings. The van der Waals surface area contributed by atoms with Crippen LogP contribution in [0.3, 0.4) is 0 Å². The van der Waals surface area contributed by atoms with Crippen LogP contribution >= 0.6 is 11.6 Å². The maximum absolute atomic E-state index is 12.1. The van der Waals surface area contributed by atoms with Gasteiger partial charge in [0.25, 0.3) is 5.91 Å². The number of halogens is 1. The van der Waals surface area contributed by atoms with E-state index in [0.717, 1.165) is 12.1 Å². The minimum atomic E-state index is -0.244. The van der Waals surface area contributed by atoms with Gasteiger partial charge in [-0.2, -0.15) is 0 Å². The predicted octanol–water partition coefficient (Wildman–Crippen LogP) is 4.72. The first-order chi connectivity index (χ1) is 10.2. The zero-order valence-electron chi connectivity index (χ0n) is 12.1. The van der Waals surface area contributed by atoms with Gasteiger partial charge in [0.15, 0.2) is 0 Å². The van der Waals surface area contributed by atoms with E-state index in [4.69, 9.17) is 11.6 Å². The van der Waals surface area contributed by atoms with Gasteiger partial charge in [-0.3, -0.25) is 4.79 Å². The Balaban J connectivity index is 1.97. The fraction of sp³-hybridized carbons (Fsp3) is 0.294. The van der Waals surface area contributed by atoms with Gasteiger partial charge in [-0.15, -0.1) is 0 Å². The van der Waals surface area contributed by atoms with Crippen molar-refractivity contribution in [2.75, 3.05) is 5.32 Å². The van der Waals surface area contributed by atoms with Crippen LogP contribution in [-0.2, 0) is 6.42 Å². The third kappa shape index (κ3) is 4.57. The third-order valence-electron chi connectivity index (χ3n) is 3.28. The Hall–Kier alpha value is -1.87. The molecular weight excluding hydrogens is 284 g/mol. The number of aryl methyl sites for hydroxylation is 1. The largest absolute Gasteiger partial charge is 0.322 e. The molecule has 4 heteroatoms. The summed E-state index contributed by atoms with van der Waals surface area (Å²) < 4.78 is 0. The highest BCUT2D eigenvalue weighted by Gasteiger charge is 2.10. The second-order valence-corrected chi connectivity index (χ2v) is 5.31. The van der Waals surface area contributed by atoms with Crippen molar-refractivity contribution in [3.05, 3.63) is 58.9 Å². The van der Waals surface area contributed by atoms with E-state index >= 15 is 0 Å². The molecule has 1 N–H and O–H groups in total. The Morgan fingerprint density at radius 2 is 1.95 bits per heavy atom. The third-order valence-corrected chi connectivity index (χ3v) is 3.59. The first-order valence-corrected chi connectivity index (χ1v) is 7.59. The maximum Gasteiger partial charge on any atom is 0.258 e. The van der Waals surface area contributed by atoms with Crippen LogP contribution in [0.15, 0.2) is 42.6 Å². The number of hydrogen-bond donors (Lipinski definition) is 1. The standard InChI is InChI=1S/C17H19ClN2O/c1-2-3-4-6-13-8-10-14(11-9-13)20-17(21)15-7-5-12-19-16(15)18/h5,7-12H,2-4,6H2,1H3,(H,20,21). The molecule has 0 atom stereocenters. The van der Waals surface area contributed by atoms with Crippen molar-refractivity contribution in [2.24, 2.45) is 0 Å². The number of nitrogens with zero attached hydrogens (tertiary/aromatic N) is 1. The van der Waals surface area contributed by atoms with Crippen LogP contribution in [0.2, 0.25) is 5.15 Å². The van der Waals surface area contributed by atoms with E-state index < -0.39 is 0 Å². The summed E-state index contributed by atoms with van der Waals surface area (Å²) in [6.07, 6.45) is 6.31. The van der Waals surface area contributed by atoms with Crippen LogP contribution in [-0.4, -0.2) is 10.9 Å². The van der Waals surface area contributed by atoms with Crippen molar-refractivity contribution in [2.45, 2.75) is 32.6 Å². The molecule has 3 nitrogen and oxygen atoms in total. The normalized spacial score (nSPS) is 10.4. The number of benzene rings is 1. The minimum absolute atomic E-state index is 0.214. The second-order valence-electron chi connectivity index (χ2n) is 4.95. The molecule has 2 aromatic rings. The summed E-state index contributed by atoms with van der Waals surface area (Å²) in [6, 6.07) is 11.3. The summed E-state index contributed by atoms with van der Waals surface area (Å²) >= 11 is 5.91. The van der Waals surface area contributed by atoms with Crippen LogP contribution in [0.4, 0.5) is 5.69 Å². The average molecular weight is 303 g/mol. The van der Waals surface area contributed by atoms with E-state index in [2.05, 4.69) is 29.4 Å². The van der Waals surface area contributed by atoms with Crippen molar-refractivity contribution >= 4 is 23.2 Å². The number of carbonyl (C=O) groups is 1. The van der Waals surface area contributed by atoms with Crippen molar-refractivity contribution in [3.63, 3.8) is 0 Å². The number of amides is 1. The summed E-state index contributed by atoms with van der Waals surface area (Å²) in [5.74, 6) is -0.244. The molecular formula is C17H19ClN2O. The molecule has 0 unspecified atom stereocenters. The number of nitrogens with one attached hydrogen (secondary N) is 1. The Kier molecular flexibility index (Phi) is 5.76. The van der Waals surface area contributed by atoms with Gasteiger partial charge in [-0.05, 0) is 42.7 Å². The number of anilines is 1. The fourth-order valence-corrected chi connectivity index (χ4v) is 2.29. The van der Waals surface area contributed by atoms with Crippen molar-refractivity contribution in [1.82, 2.24) is 4.98 Å².